The van der Waals surface area contributed by atoms with E-state index in [1.165, 1.54) is 10.0 Å². The summed E-state index contributed by atoms with van der Waals surface area (Å²) in [4.78, 5) is 13.9. The summed E-state index contributed by atoms with van der Waals surface area (Å²) in [6, 6.07) is 11.7. The van der Waals surface area contributed by atoms with Crippen LogP contribution in [0.2, 0.25) is 0 Å². The molecule has 3 aromatic heterocycles. The number of nitrogens with one attached hydrogen (secondary N) is 2. The Morgan fingerprint density at radius 3 is 1.60 bits per heavy atom. The molecule has 0 unspecified atom stereocenters. The van der Waals surface area contributed by atoms with Crippen molar-refractivity contribution in [1.29, 1.82) is 0 Å². The van der Waals surface area contributed by atoms with E-state index >= 15 is 0 Å². The molecule has 5 rings (SSSR count). The Bertz CT molecular complexity index is 826. The predicted molar refractivity (Wildman–Crippen MR) is 128 cm³/mol. The van der Waals surface area contributed by atoms with E-state index in [-0.39, 0.29) is 0 Å². The van der Waals surface area contributed by atoms with Crippen molar-refractivity contribution in [2.24, 2.45) is 0 Å². The first-order valence-corrected chi connectivity index (χ1v) is 12.5. The Kier molecular flexibility index (Phi) is 6.03. The summed E-state index contributed by atoms with van der Waals surface area (Å²) in [6.07, 6.45) is 6.20. The molecule has 0 amide bonds. The van der Waals surface area contributed by atoms with Crippen molar-refractivity contribution in [3.63, 3.8) is 0 Å². The maximum Gasteiger partial charge on any atom is 0.131 e. The second kappa shape index (κ2) is 9.22. The van der Waals surface area contributed by atoms with Crippen molar-refractivity contribution < 1.29 is 0 Å². The third-order valence-corrected chi connectivity index (χ3v) is 7.85. The molecule has 0 aliphatic carbocycles. The van der Waals surface area contributed by atoms with E-state index in [0.717, 1.165) is 63.5 Å². The maximum absolute atomic E-state index is 4.46. The van der Waals surface area contributed by atoms with Crippen LogP contribution < -0.4 is 20.4 Å². The van der Waals surface area contributed by atoms with Gasteiger partial charge in [-0.25, -0.2) is 9.97 Å². The molecule has 0 spiro atoms. The van der Waals surface area contributed by atoms with Crippen molar-refractivity contribution in [3.05, 3.63) is 47.4 Å². The molecule has 3 aromatic rings. The summed E-state index contributed by atoms with van der Waals surface area (Å²) in [6.45, 7) is 4.38. The number of anilines is 4. The van der Waals surface area contributed by atoms with Gasteiger partial charge in [0, 0.05) is 44.3 Å². The summed E-state index contributed by atoms with van der Waals surface area (Å²) in [5.41, 5.74) is 0. The van der Waals surface area contributed by atoms with Crippen LogP contribution in [0.15, 0.2) is 47.4 Å². The largest absolute Gasteiger partial charge is 0.367 e. The van der Waals surface area contributed by atoms with Crippen molar-refractivity contribution in [1.82, 2.24) is 9.97 Å². The van der Waals surface area contributed by atoms with Gasteiger partial charge >= 0.3 is 0 Å². The van der Waals surface area contributed by atoms with Gasteiger partial charge < -0.3 is 20.4 Å². The van der Waals surface area contributed by atoms with Crippen molar-refractivity contribution >= 4 is 44.3 Å². The summed E-state index contributed by atoms with van der Waals surface area (Å²) in [7, 11) is 0. The average molecular weight is 441 g/mol. The standard InChI is InChI=1S/C22H28N6S2/c1-3-21(29-13-1)27-9-5-17(6-10-27)25-19-15-20(24-16-23-19)26-18-7-11-28(12-8-18)22-4-2-14-30-22/h1-4,13-18H,5-12H2,(H2,23,24,25,26). The van der Waals surface area contributed by atoms with E-state index in [4.69, 9.17) is 0 Å². The van der Waals surface area contributed by atoms with Gasteiger partial charge in [0.15, 0.2) is 0 Å². The first-order chi connectivity index (χ1) is 14.8. The number of rotatable bonds is 6. The van der Waals surface area contributed by atoms with Crippen LogP contribution in [0.4, 0.5) is 21.6 Å². The Hall–Kier alpha value is -2.32. The van der Waals surface area contributed by atoms with Crippen LogP contribution in [-0.2, 0) is 0 Å². The molecule has 2 fully saturated rings. The van der Waals surface area contributed by atoms with Gasteiger partial charge in [0.2, 0.25) is 0 Å². The zero-order valence-electron chi connectivity index (χ0n) is 17.0. The molecule has 2 aliphatic heterocycles. The smallest absolute Gasteiger partial charge is 0.131 e. The molecule has 0 radical (unpaired) electrons. The SMILES string of the molecule is c1csc(N2CCC(Nc3cc(NC4CCN(c5cccs5)CC4)ncn3)CC2)c1. The van der Waals surface area contributed by atoms with Crippen molar-refractivity contribution in [2.45, 2.75) is 37.8 Å². The number of hydrogen-bond donors (Lipinski definition) is 2. The van der Waals surface area contributed by atoms with Gasteiger partial charge in [0.1, 0.15) is 18.0 Å². The first-order valence-electron chi connectivity index (χ1n) is 10.8. The molecule has 30 heavy (non-hydrogen) atoms. The van der Waals surface area contributed by atoms with Gasteiger partial charge in [0.05, 0.1) is 10.0 Å². The molecule has 2 saturated heterocycles. The molecule has 8 heteroatoms. The van der Waals surface area contributed by atoms with Gasteiger partial charge in [-0.05, 0) is 60.7 Å². The summed E-state index contributed by atoms with van der Waals surface area (Å²) >= 11 is 3.65. The molecule has 158 valence electrons. The second-order valence-electron chi connectivity index (χ2n) is 8.00. The molecule has 2 aliphatic rings. The van der Waals surface area contributed by atoms with E-state index < -0.39 is 0 Å². The molecular weight excluding hydrogens is 412 g/mol. The van der Waals surface area contributed by atoms with Crippen LogP contribution in [0.1, 0.15) is 25.7 Å². The van der Waals surface area contributed by atoms with Gasteiger partial charge in [-0.2, -0.15) is 0 Å². The number of thiophene rings is 2. The fourth-order valence-electron chi connectivity index (χ4n) is 4.32. The number of hydrogen-bond acceptors (Lipinski definition) is 8. The minimum absolute atomic E-state index is 0.470. The highest BCUT2D eigenvalue weighted by molar-refractivity contribution is 7.14. The molecule has 2 N–H and O–H groups in total. The molecule has 5 heterocycles. The highest BCUT2D eigenvalue weighted by Crippen LogP contribution is 2.27. The van der Waals surface area contributed by atoms with E-state index in [2.05, 4.69) is 71.5 Å². The molecule has 0 atom stereocenters. The van der Waals surface area contributed by atoms with Crippen LogP contribution in [0.5, 0.6) is 0 Å². The lowest BCUT2D eigenvalue weighted by Crippen LogP contribution is -2.39. The van der Waals surface area contributed by atoms with Gasteiger partial charge in [-0.15, -0.1) is 22.7 Å². The number of piperidine rings is 2. The topological polar surface area (TPSA) is 56.3 Å². The third kappa shape index (κ3) is 4.70. The second-order valence-corrected chi connectivity index (χ2v) is 9.85. The van der Waals surface area contributed by atoms with E-state index in [9.17, 15) is 0 Å². The van der Waals surface area contributed by atoms with Crippen molar-refractivity contribution in [3.8, 4) is 0 Å². The highest BCUT2D eigenvalue weighted by atomic mass is 32.1. The lowest BCUT2D eigenvalue weighted by molar-refractivity contribution is 0.525. The van der Waals surface area contributed by atoms with Gasteiger partial charge in [-0.3, -0.25) is 0 Å². The fraction of sp³-hybridized carbons (Fsp3) is 0.455. The quantitative estimate of drug-likeness (QED) is 0.576. The monoisotopic (exact) mass is 440 g/mol. The third-order valence-electron chi connectivity index (χ3n) is 6.00. The lowest BCUT2D eigenvalue weighted by Gasteiger charge is -2.33. The Morgan fingerprint density at radius 1 is 0.733 bits per heavy atom. The van der Waals surface area contributed by atoms with Gasteiger partial charge in [0.25, 0.3) is 0 Å². The Labute approximate surface area is 186 Å². The van der Waals surface area contributed by atoms with Crippen LogP contribution in [0, 0.1) is 0 Å². The maximum atomic E-state index is 4.46. The Balaban J connectivity index is 1.11. The summed E-state index contributed by atoms with van der Waals surface area (Å²) in [5.74, 6) is 1.86. The minimum Gasteiger partial charge on any atom is -0.367 e. The highest BCUT2D eigenvalue weighted by Gasteiger charge is 2.22. The Morgan fingerprint density at radius 2 is 1.20 bits per heavy atom. The van der Waals surface area contributed by atoms with Crippen LogP contribution >= 0.6 is 22.7 Å². The number of nitrogens with zero attached hydrogens (tertiary/aromatic N) is 4. The molecular formula is C22H28N6S2. The minimum atomic E-state index is 0.470. The normalized spacial score (nSPS) is 18.5. The average Bonchev–Trinajstić information content (AvgIpc) is 3.50. The first kappa shape index (κ1) is 19.6. The lowest BCUT2D eigenvalue weighted by atomic mass is 10.0. The van der Waals surface area contributed by atoms with E-state index in [0.29, 0.717) is 12.1 Å². The molecule has 0 saturated carbocycles. The summed E-state index contributed by atoms with van der Waals surface area (Å²) < 4.78 is 0. The van der Waals surface area contributed by atoms with E-state index in [1.807, 2.05) is 22.7 Å². The number of aromatic nitrogens is 2. The zero-order valence-corrected chi connectivity index (χ0v) is 18.7. The van der Waals surface area contributed by atoms with Crippen LogP contribution in [-0.4, -0.2) is 48.2 Å². The van der Waals surface area contributed by atoms with E-state index in [1.54, 1.807) is 6.33 Å². The van der Waals surface area contributed by atoms with Gasteiger partial charge in [-0.1, -0.05) is 0 Å². The van der Waals surface area contributed by atoms with Crippen LogP contribution in [0.25, 0.3) is 0 Å². The molecule has 0 aromatic carbocycles. The molecule has 6 nitrogen and oxygen atoms in total. The fourth-order valence-corrected chi connectivity index (χ4v) is 5.89. The predicted octanol–water partition coefficient (Wildman–Crippen LogP) is 4.76. The van der Waals surface area contributed by atoms with Crippen molar-refractivity contribution in [2.75, 3.05) is 46.6 Å². The molecule has 0 bridgehead atoms. The van der Waals surface area contributed by atoms with Crippen LogP contribution in [0.3, 0.4) is 0 Å². The summed E-state index contributed by atoms with van der Waals surface area (Å²) in [5, 5.41) is 14.3. The zero-order chi connectivity index (χ0) is 20.2.